The number of guanidine groups is 1. The van der Waals surface area contributed by atoms with E-state index >= 15 is 0 Å². The van der Waals surface area contributed by atoms with E-state index in [-0.39, 0.29) is 24.0 Å². The van der Waals surface area contributed by atoms with Gasteiger partial charge in [-0.2, -0.15) is 0 Å². The molecule has 3 N–H and O–H groups in total. The summed E-state index contributed by atoms with van der Waals surface area (Å²) in [5.74, 6) is 1.33. The van der Waals surface area contributed by atoms with E-state index in [4.69, 9.17) is 10.5 Å². The van der Waals surface area contributed by atoms with Gasteiger partial charge in [-0.1, -0.05) is 30.3 Å². The Hall–Kier alpha value is -1.76. The van der Waals surface area contributed by atoms with Gasteiger partial charge in [0.05, 0.1) is 6.61 Å². The normalized spacial score (nSPS) is 10.7. The number of ether oxygens (including phenoxy) is 1. The minimum atomic E-state index is 0. The summed E-state index contributed by atoms with van der Waals surface area (Å²) >= 11 is 0. The molecule has 0 aliphatic heterocycles. The smallest absolute Gasteiger partial charge is 0.193 e. The molecule has 0 saturated heterocycles. The second kappa shape index (κ2) is 10.0. The number of para-hydroxylation sites is 1. The van der Waals surface area contributed by atoms with Crippen molar-refractivity contribution in [1.82, 2.24) is 0 Å². The molecule has 0 heterocycles. The van der Waals surface area contributed by atoms with Gasteiger partial charge in [-0.25, -0.2) is 0 Å². The molecule has 0 fully saturated rings. The number of nitrogens with two attached hydrogens (primary N) is 1. The fourth-order valence-corrected chi connectivity index (χ4v) is 1.97. The Morgan fingerprint density at radius 2 is 1.91 bits per heavy atom. The van der Waals surface area contributed by atoms with Crippen molar-refractivity contribution in [2.45, 2.75) is 13.3 Å². The lowest BCUT2D eigenvalue weighted by Gasteiger charge is -2.06. The number of hydrogen-bond acceptors (Lipinski definition) is 2. The summed E-state index contributed by atoms with van der Waals surface area (Å²) in [6.45, 7) is 3.30. The first kappa shape index (κ1) is 18.3. The second-order valence-corrected chi connectivity index (χ2v) is 4.59. The minimum Gasteiger partial charge on any atom is -0.494 e. The highest BCUT2D eigenvalue weighted by molar-refractivity contribution is 14.0. The molecular formula is C17H22IN3O. The van der Waals surface area contributed by atoms with Crippen molar-refractivity contribution in [1.29, 1.82) is 0 Å². The molecule has 0 spiro atoms. The Morgan fingerprint density at radius 1 is 1.14 bits per heavy atom. The molecule has 0 amide bonds. The SMILES string of the molecule is CCOc1cccc(CCN=C(N)Nc2ccccc2)c1.I. The van der Waals surface area contributed by atoms with Gasteiger partial charge in [-0.05, 0) is 43.2 Å². The van der Waals surface area contributed by atoms with Gasteiger partial charge in [0.2, 0.25) is 0 Å². The first-order valence-corrected chi connectivity index (χ1v) is 7.11. The zero-order chi connectivity index (χ0) is 14.9. The van der Waals surface area contributed by atoms with Crippen molar-refractivity contribution in [2.75, 3.05) is 18.5 Å². The third-order valence-electron chi connectivity index (χ3n) is 2.94. The number of nitrogens with zero attached hydrogens (tertiary/aromatic N) is 1. The highest BCUT2D eigenvalue weighted by atomic mass is 127. The molecular weight excluding hydrogens is 389 g/mol. The quantitative estimate of drug-likeness (QED) is 0.433. The average molecular weight is 411 g/mol. The van der Waals surface area contributed by atoms with Gasteiger partial charge in [0.15, 0.2) is 5.96 Å². The van der Waals surface area contributed by atoms with Crippen molar-refractivity contribution in [3.63, 3.8) is 0 Å². The summed E-state index contributed by atoms with van der Waals surface area (Å²) in [7, 11) is 0. The molecule has 2 aromatic carbocycles. The Labute approximate surface area is 148 Å². The predicted molar refractivity (Wildman–Crippen MR) is 103 cm³/mol. The summed E-state index contributed by atoms with van der Waals surface area (Å²) in [5, 5.41) is 3.06. The number of hydrogen-bond donors (Lipinski definition) is 2. The molecule has 2 rings (SSSR count). The molecule has 0 atom stereocenters. The minimum absolute atomic E-state index is 0. The van der Waals surface area contributed by atoms with Gasteiger partial charge in [0, 0.05) is 12.2 Å². The topological polar surface area (TPSA) is 59.6 Å². The largest absolute Gasteiger partial charge is 0.494 e. The van der Waals surface area contributed by atoms with E-state index in [0.29, 0.717) is 19.1 Å². The number of anilines is 1. The number of nitrogens with one attached hydrogen (secondary N) is 1. The number of aliphatic imine (C=N–C) groups is 1. The average Bonchev–Trinajstić information content (AvgIpc) is 2.49. The van der Waals surface area contributed by atoms with Gasteiger partial charge in [0.25, 0.3) is 0 Å². The highest BCUT2D eigenvalue weighted by Gasteiger charge is 1.97. The number of rotatable bonds is 6. The summed E-state index contributed by atoms with van der Waals surface area (Å²) in [5.41, 5.74) is 8.00. The lowest BCUT2D eigenvalue weighted by atomic mass is 10.1. The maximum Gasteiger partial charge on any atom is 0.193 e. The molecule has 22 heavy (non-hydrogen) atoms. The molecule has 0 saturated carbocycles. The number of benzene rings is 2. The van der Waals surface area contributed by atoms with Crippen LogP contribution in [0.3, 0.4) is 0 Å². The van der Waals surface area contributed by atoms with Crippen LogP contribution in [0.5, 0.6) is 5.75 Å². The van der Waals surface area contributed by atoms with E-state index in [2.05, 4.69) is 16.4 Å². The molecule has 0 radical (unpaired) electrons. The van der Waals surface area contributed by atoms with Gasteiger partial charge in [-0.15, -0.1) is 24.0 Å². The summed E-state index contributed by atoms with van der Waals surface area (Å²) in [6.07, 6.45) is 0.831. The van der Waals surface area contributed by atoms with E-state index in [1.54, 1.807) is 0 Å². The van der Waals surface area contributed by atoms with Crippen molar-refractivity contribution >= 4 is 35.6 Å². The van der Waals surface area contributed by atoms with Crippen LogP contribution in [0, 0.1) is 0 Å². The molecule has 0 unspecified atom stereocenters. The molecule has 0 aliphatic carbocycles. The molecule has 0 bridgehead atoms. The van der Waals surface area contributed by atoms with Crippen LogP contribution in [0.2, 0.25) is 0 Å². The molecule has 5 heteroatoms. The fraction of sp³-hybridized carbons (Fsp3) is 0.235. The molecule has 4 nitrogen and oxygen atoms in total. The Kier molecular flexibility index (Phi) is 8.35. The van der Waals surface area contributed by atoms with Crippen LogP contribution in [0.1, 0.15) is 12.5 Å². The first-order valence-electron chi connectivity index (χ1n) is 7.11. The second-order valence-electron chi connectivity index (χ2n) is 4.59. The van der Waals surface area contributed by atoms with Crippen LogP contribution in [-0.2, 0) is 6.42 Å². The summed E-state index contributed by atoms with van der Waals surface area (Å²) in [4.78, 5) is 4.33. The maximum absolute atomic E-state index is 5.86. The van der Waals surface area contributed by atoms with Crippen LogP contribution < -0.4 is 15.8 Å². The fourth-order valence-electron chi connectivity index (χ4n) is 1.97. The van der Waals surface area contributed by atoms with Crippen molar-refractivity contribution in [2.24, 2.45) is 10.7 Å². The summed E-state index contributed by atoms with van der Waals surface area (Å²) < 4.78 is 5.48. The van der Waals surface area contributed by atoms with Crippen LogP contribution in [0.15, 0.2) is 59.6 Å². The van der Waals surface area contributed by atoms with Gasteiger partial charge in [0.1, 0.15) is 5.75 Å². The van der Waals surface area contributed by atoms with Crippen molar-refractivity contribution in [3.8, 4) is 5.75 Å². The highest BCUT2D eigenvalue weighted by Crippen LogP contribution is 2.13. The van der Waals surface area contributed by atoms with Crippen molar-refractivity contribution in [3.05, 3.63) is 60.2 Å². The molecule has 0 aromatic heterocycles. The lowest BCUT2D eigenvalue weighted by Crippen LogP contribution is -2.23. The van der Waals surface area contributed by atoms with E-state index in [9.17, 15) is 0 Å². The summed E-state index contributed by atoms with van der Waals surface area (Å²) in [6, 6.07) is 17.8. The zero-order valence-electron chi connectivity index (χ0n) is 12.7. The Bertz CT molecular complexity index is 587. The van der Waals surface area contributed by atoms with E-state index in [1.807, 2.05) is 55.5 Å². The lowest BCUT2D eigenvalue weighted by molar-refractivity contribution is 0.340. The predicted octanol–water partition coefficient (Wildman–Crippen LogP) is 3.67. The van der Waals surface area contributed by atoms with Crippen LogP contribution in [-0.4, -0.2) is 19.1 Å². The van der Waals surface area contributed by atoms with Crippen molar-refractivity contribution < 1.29 is 4.74 Å². The monoisotopic (exact) mass is 411 g/mol. The zero-order valence-corrected chi connectivity index (χ0v) is 15.0. The molecule has 118 valence electrons. The van der Waals surface area contributed by atoms with Gasteiger partial charge in [-0.3, -0.25) is 4.99 Å². The van der Waals surface area contributed by atoms with Gasteiger partial charge >= 0.3 is 0 Å². The maximum atomic E-state index is 5.86. The first-order chi connectivity index (χ1) is 10.3. The van der Waals surface area contributed by atoms with Crippen LogP contribution >= 0.6 is 24.0 Å². The molecule has 2 aromatic rings. The van der Waals surface area contributed by atoms with E-state index in [0.717, 1.165) is 17.9 Å². The van der Waals surface area contributed by atoms with E-state index in [1.165, 1.54) is 5.56 Å². The standard InChI is InChI=1S/C17H21N3O.HI/c1-2-21-16-10-6-7-14(13-16)11-12-19-17(18)20-15-8-4-3-5-9-15;/h3-10,13H,2,11-12H2,1H3,(H3,18,19,20);1H. The third kappa shape index (κ3) is 6.34. The Balaban J connectivity index is 0.00000242. The number of halogens is 1. The van der Waals surface area contributed by atoms with E-state index < -0.39 is 0 Å². The Morgan fingerprint density at radius 3 is 2.64 bits per heavy atom. The third-order valence-corrected chi connectivity index (χ3v) is 2.94. The molecule has 0 aliphatic rings. The van der Waals surface area contributed by atoms with Crippen LogP contribution in [0.4, 0.5) is 5.69 Å². The van der Waals surface area contributed by atoms with Crippen LogP contribution in [0.25, 0.3) is 0 Å². The van der Waals surface area contributed by atoms with Gasteiger partial charge < -0.3 is 15.8 Å².